The number of ether oxygens (including phenoxy) is 1. The van der Waals surface area contributed by atoms with Crippen LogP contribution in [0.4, 0.5) is 0 Å². The fourth-order valence-electron chi connectivity index (χ4n) is 1.41. The van der Waals surface area contributed by atoms with Gasteiger partial charge in [-0.3, -0.25) is 0 Å². The van der Waals surface area contributed by atoms with Crippen LogP contribution in [-0.4, -0.2) is 26.4 Å². The van der Waals surface area contributed by atoms with E-state index in [4.69, 9.17) is 4.74 Å². The quantitative estimate of drug-likeness (QED) is 0.555. The molecule has 0 saturated carbocycles. The summed E-state index contributed by atoms with van der Waals surface area (Å²) in [5, 5.41) is 4.75. The summed E-state index contributed by atoms with van der Waals surface area (Å²) in [6, 6.07) is 8.41. The van der Waals surface area contributed by atoms with E-state index in [0.29, 0.717) is 0 Å². The zero-order valence-corrected chi connectivity index (χ0v) is 11.3. The first kappa shape index (κ1) is 13.5. The topological polar surface area (TPSA) is 21.3 Å². The summed E-state index contributed by atoms with van der Waals surface area (Å²) in [7, 11) is 0.863. The van der Waals surface area contributed by atoms with Crippen molar-refractivity contribution in [1.29, 1.82) is 0 Å². The maximum Gasteiger partial charge on any atom is 0.119 e. The van der Waals surface area contributed by atoms with E-state index in [1.54, 1.807) is 0 Å². The van der Waals surface area contributed by atoms with Gasteiger partial charge in [0.25, 0.3) is 0 Å². The molecule has 0 fully saturated rings. The van der Waals surface area contributed by atoms with Crippen molar-refractivity contribution in [3.63, 3.8) is 0 Å². The second-order valence-electron chi connectivity index (χ2n) is 3.73. The third-order valence-electron chi connectivity index (χ3n) is 2.34. The van der Waals surface area contributed by atoms with Crippen molar-refractivity contribution in [3.05, 3.63) is 24.3 Å². The molecule has 0 aliphatic rings. The molecule has 1 rings (SSSR count). The molecule has 1 N–H and O–H groups in total. The Morgan fingerprint density at radius 2 is 1.94 bits per heavy atom. The molecule has 1 aromatic rings. The van der Waals surface area contributed by atoms with Crippen LogP contribution in [-0.2, 0) is 0 Å². The van der Waals surface area contributed by atoms with Crippen molar-refractivity contribution in [2.45, 2.75) is 19.8 Å². The van der Waals surface area contributed by atoms with Gasteiger partial charge in [-0.1, -0.05) is 27.6 Å². The van der Waals surface area contributed by atoms with Gasteiger partial charge in [0.1, 0.15) is 5.75 Å². The van der Waals surface area contributed by atoms with E-state index in [1.807, 2.05) is 0 Å². The van der Waals surface area contributed by atoms with Crippen molar-refractivity contribution in [3.8, 4) is 5.75 Å². The summed E-state index contributed by atoms with van der Waals surface area (Å²) in [4.78, 5) is 0. The Morgan fingerprint density at radius 3 is 2.56 bits per heavy atom. The second-order valence-corrected chi connectivity index (χ2v) is 4.80. The lowest BCUT2D eigenvalue weighted by molar-refractivity contribution is 0.308. The highest BCUT2D eigenvalue weighted by Gasteiger charge is 1.94. The molecule has 1 aromatic carbocycles. The van der Waals surface area contributed by atoms with Gasteiger partial charge in [0.15, 0.2) is 0 Å². The number of benzene rings is 1. The average Bonchev–Trinajstić information content (AvgIpc) is 2.34. The molecule has 0 spiro atoms. The van der Waals surface area contributed by atoms with Gasteiger partial charge in [-0.25, -0.2) is 0 Å². The Bertz CT molecular complexity index is 274. The largest absolute Gasteiger partial charge is 0.494 e. The summed E-state index contributed by atoms with van der Waals surface area (Å²) in [5.74, 6) is 0.984. The standard InChI is InChI=1S/C13H22NOP/c1-3-9-14-10-4-11-15-12-5-7-13(16-2)8-6-12/h5-8,14,16H,3-4,9-11H2,1-2H3. The van der Waals surface area contributed by atoms with Gasteiger partial charge in [0, 0.05) is 0 Å². The molecule has 2 nitrogen and oxygen atoms in total. The third-order valence-corrected chi connectivity index (χ3v) is 3.25. The highest BCUT2D eigenvalue weighted by molar-refractivity contribution is 7.46. The highest BCUT2D eigenvalue weighted by atomic mass is 31.1. The van der Waals surface area contributed by atoms with Crippen LogP contribution in [0.25, 0.3) is 0 Å². The fraction of sp³-hybridized carbons (Fsp3) is 0.538. The minimum atomic E-state index is 0.796. The summed E-state index contributed by atoms with van der Waals surface area (Å²) in [5.41, 5.74) is 0. The number of nitrogens with one attached hydrogen (secondary N) is 1. The summed E-state index contributed by atoms with van der Waals surface area (Å²) in [6.07, 6.45) is 2.26. The maximum atomic E-state index is 5.65. The van der Waals surface area contributed by atoms with Crippen LogP contribution in [0.5, 0.6) is 5.75 Å². The molecule has 0 radical (unpaired) electrons. The van der Waals surface area contributed by atoms with Crippen molar-refractivity contribution >= 4 is 13.9 Å². The molecule has 1 atom stereocenters. The van der Waals surface area contributed by atoms with Crippen LogP contribution in [0.1, 0.15) is 19.8 Å². The van der Waals surface area contributed by atoms with Gasteiger partial charge in [-0.15, -0.1) is 0 Å². The molecule has 0 amide bonds. The molecule has 16 heavy (non-hydrogen) atoms. The van der Waals surface area contributed by atoms with Crippen LogP contribution in [0.2, 0.25) is 0 Å². The minimum Gasteiger partial charge on any atom is -0.494 e. The highest BCUT2D eigenvalue weighted by Crippen LogP contribution is 2.11. The van der Waals surface area contributed by atoms with Gasteiger partial charge >= 0.3 is 0 Å². The second kappa shape index (κ2) is 8.55. The van der Waals surface area contributed by atoms with Crippen LogP contribution in [0.15, 0.2) is 24.3 Å². The average molecular weight is 239 g/mol. The number of hydrogen-bond acceptors (Lipinski definition) is 2. The monoisotopic (exact) mass is 239 g/mol. The molecular formula is C13H22NOP. The van der Waals surface area contributed by atoms with Gasteiger partial charge in [0.05, 0.1) is 6.61 Å². The summed E-state index contributed by atoms with van der Waals surface area (Å²) < 4.78 is 5.65. The summed E-state index contributed by atoms with van der Waals surface area (Å²) >= 11 is 0. The predicted molar refractivity (Wildman–Crippen MR) is 73.6 cm³/mol. The number of hydrogen-bond donors (Lipinski definition) is 1. The Kier molecular flexibility index (Phi) is 7.20. The smallest absolute Gasteiger partial charge is 0.119 e. The molecular weight excluding hydrogens is 217 g/mol. The van der Waals surface area contributed by atoms with E-state index in [9.17, 15) is 0 Å². The fourth-order valence-corrected chi connectivity index (χ4v) is 1.91. The number of rotatable bonds is 8. The molecule has 0 heterocycles. The third kappa shape index (κ3) is 5.48. The first-order valence-corrected chi connectivity index (χ1v) is 7.48. The van der Waals surface area contributed by atoms with Gasteiger partial charge in [0.2, 0.25) is 0 Å². The van der Waals surface area contributed by atoms with Gasteiger partial charge in [-0.2, -0.15) is 0 Å². The lowest BCUT2D eigenvalue weighted by Gasteiger charge is -2.07. The minimum absolute atomic E-state index is 0.796. The zero-order chi connectivity index (χ0) is 11.6. The normalized spacial score (nSPS) is 11.1. The van der Waals surface area contributed by atoms with Crippen LogP contribution < -0.4 is 15.4 Å². The van der Waals surface area contributed by atoms with Gasteiger partial charge in [-0.05, 0) is 50.0 Å². The van der Waals surface area contributed by atoms with E-state index in [0.717, 1.165) is 40.4 Å². The molecule has 0 aliphatic heterocycles. The maximum absolute atomic E-state index is 5.65. The first-order chi connectivity index (χ1) is 7.86. The SMILES string of the molecule is CCCNCCCOc1ccc(PC)cc1. The Hall–Kier alpha value is -0.590. The van der Waals surface area contributed by atoms with E-state index in [-0.39, 0.29) is 0 Å². The molecule has 90 valence electrons. The van der Waals surface area contributed by atoms with E-state index < -0.39 is 0 Å². The zero-order valence-electron chi connectivity index (χ0n) is 10.3. The first-order valence-electron chi connectivity index (χ1n) is 5.98. The lowest BCUT2D eigenvalue weighted by Crippen LogP contribution is -2.18. The van der Waals surface area contributed by atoms with Crippen LogP contribution >= 0.6 is 8.58 Å². The molecule has 0 aromatic heterocycles. The molecule has 0 aliphatic carbocycles. The van der Waals surface area contributed by atoms with Crippen molar-refractivity contribution in [2.24, 2.45) is 0 Å². The van der Waals surface area contributed by atoms with Crippen molar-refractivity contribution in [2.75, 3.05) is 26.4 Å². The van der Waals surface area contributed by atoms with E-state index >= 15 is 0 Å². The van der Waals surface area contributed by atoms with Crippen molar-refractivity contribution in [1.82, 2.24) is 5.32 Å². The Labute approximate surface area is 101 Å². The molecule has 0 bridgehead atoms. The van der Waals surface area contributed by atoms with Gasteiger partial charge < -0.3 is 10.1 Å². The van der Waals surface area contributed by atoms with Crippen LogP contribution in [0.3, 0.4) is 0 Å². The lowest BCUT2D eigenvalue weighted by atomic mass is 10.3. The summed E-state index contributed by atoms with van der Waals surface area (Å²) in [6.45, 7) is 7.31. The predicted octanol–water partition coefficient (Wildman–Crippen LogP) is 2.39. The van der Waals surface area contributed by atoms with E-state index in [2.05, 4.69) is 43.2 Å². The van der Waals surface area contributed by atoms with Crippen LogP contribution in [0, 0.1) is 0 Å². The van der Waals surface area contributed by atoms with E-state index in [1.165, 1.54) is 11.7 Å². The van der Waals surface area contributed by atoms with Crippen molar-refractivity contribution < 1.29 is 4.74 Å². The Morgan fingerprint density at radius 1 is 1.19 bits per heavy atom. The molecule has 0 saturated heterocycles. The molecule has 1 unspecified atom stereocenters. The Balaban J connectivity index is 2.12. The molecule has 3 heteroatoms.